The van der Waals surface area contributed by atoms with Gasteiger partial charge in [-0.05, 0) is 77.7 Å². The van der Waals surface area contributed by atoms with Crippen LogP contribution in [0.15, 0.2) is 46.9 Å². The minimum atomic E-state index is -0.503. The van der Waals surface area contributed by atoms with Crippen LogP contribution in [0.25, 0.3) is 0 Å². The molecule has 0 saturated heterocycles. The molecule has 0 atom stereocenters. The van der Waals surface area contributed by atoms with Crippen LogP contribution < -0.4 is 9.47 Å². The van der Waals surface area contributed by atoms with Gasteiger partial charge in [0.1, 0.15) is 18.1 Å². The smallest absolute Gasteiger partial charge is 0.343 e. The number of hydrogen-bond acceptors (Lipinski definition) is 6. The van der Waals surface area contributed by atoms with Gasteiger partial charge in [0.05, 0.1) is 28.8 Å². The van der Waals surface area contributed by atoms with Crippen molar-refractivity contribution in [1.29, 1.82) is 0 Å². The van der Waals surface area contributed by atoms with Gasteiger partial charge in [0.15, 0.2) is 0 Å². The number of hydrogen-bond donors (Lipinski definition) is 0. The summed E-state index contributed by atoms with van der Waals surface area (Å²) in [7, 11) is 0. The highest BCUT2D eigenvalue weighted by Gasteiger charge is 2.13. The third-order valence-electron chi connectivity index (χ3n) is 4.09. The van der Waals surface area contributed by atoms with E-state index in [2.05, 4.69) is 29.8 Å². The molecule has 0 heterocycles. The standard InChI is InChI=1S/C23H27BrO6/c1-4-27-13-14-29-22(25)17-5-8-19(9-6-17)30-23(26)18-7-10-21(20(24)15-18)28-12-11-16(2)3/h5-10,15-16H,4,11-14H2,1-3H3. The van der Waals surface area contributed by atoms with Crippen LogP contribution in [-0.2, 0) is 9.47 Å². The Morgan fingerprint density at radius 2 is 1.63 bits per heavy atom. The first-order chi connectivity index (χ1) is 14.4. The van der Waals surface area contributed by atoms with E-state index in [1.807, 2.05) is 6.92 Å². The van der Waals surface area contributed by atoms with Crippen molar-refractivity contribution in [3.05, 3.63) is 58.1 Å². The molecule has 0 amide bonds. The second kappa shape index (κ2) is 12.3. The average Bonchev–Trinajstić information content (AvgIpc) is 2.72. The lowest BCUT2D eigenvalue weighted by Crippen LogP contribution is -2.11. The van der Waals surface area contributed by atoms with Crippen LogP contribution >= 0.6 is 15.9 Å². The van der Waals surface area contributed by atoms with E-state index in [9.17, 15) is 9.59 Å². The zero-order chi connectivity index (χ0) is 21.9. The van der Waals surface area contributed by atoms with Crippen molar-refractivity contribution in [2.24, 2.45) is 5.92 Å². The molecule has 30 heavy (non-hydrogen) atoms. The van der Waals surface area contributed by atoms with Gasteiger partial charge < -0.3 is 18.9 Å². The predicted octanol–water partition coefficient (Wildman–Crippen LogP) is 5.29. The summed E-state index contributed by atoms with van der Waals surface area (Å²) in [6, 6.07) is 11.3. The minimum absolute atomic E-state index is 0.190. The van der Waals surface area contributed by atoms with Gasteiger partial charge in [-0.15, -0.1) is 0 Å². The van der Waals surface area contributed by atoms with E-state index in [1.165, 1.54) is 0 Å². The maximum atomic E-state index is 12.4. The zero-order valence-electron chi connectivity index (χ0n) is 17.5. The van der Waals surface area contributed by atoms with Gasteiger partial charge in [0, 0.05) is 6.61 Å². The van der Waals surface area contributed by atoms with Crippen LogP contribution in [0, 0.1) is 5.92 Å². The quantitative estimate of drug-likeness (QED) is 0.248. The Morgan fingerprint density at radius 1 is 0.933 bits per heavy atom. The van der Waals surface area contributed by atoms with E-state index in [-0.39, 0.29) is 6.61 Å². The number of ether oxygens (including phenoxy) is 4. The van der Waals surface area contributed by atoms with Gasteiger partial charge in [0.2, 0.25) is 0 Å². The number of rotatable bonds is 11. The van der Waals surface area contributed by atoms with E-state index >= 15 is 0 Å². The fourth-order valence-corrected chi connectivity index (χ4v) is 2.89. The molecule has 0 aliphatic heterocycles. The lowest BCUT2D eigenvalue weighted by molar-refractivity contribution is 0.0335. The Balaban J connectivity index is 1.91. The van der Waals surface area contributed by atoms with Crippen molar-refractivity contribution < 1.29 is 28.5 Å². The first-order valence-corrected chi connectivity index (χ1v) is 10.7. The molecule has 0 saturated carbocycles. The SMILES string of the molecule is CCOCCOC(=O)c1ccc(OC(=O)c2ccc(OCCC(C)C)c(Br)c2)cc1. The van der Waals surface area contributed by atoms with Crippen LogP contribution in [0.1, 0.15) is 47.9 Å². The summed E-state index contributed by atoms with van der Waals surface area (Å²) in [5, 5.41) is 0. The van der Waals surface area contributed by atoms with E-state index in [0.717, 1.165) is 6.42 Å². The van der Waals surface area contributed by atoms with Crippen molar-refractivity contribution in [2.45, 2.75) is 27.2 Å². The second-order valence-electron chi connectivity index (χ2n) is 6.92. The number of halogens is 1. The summed E-state index contributed by atoms with van der Waals surface area (Å²) in [5.74, 6) is 0.612. The number of esters is 2. The van der Waals surface area contributed by atoms with Crippen molar-refractivity contribution in [2.75, 3.05) is 26.4 Å². The highest BCUT2D eigenvalue weighted by molar-refractivity contribution is 9.10. The van der Waals surface area contributed by atoms with Gasteiger partial charge in [-0.25, -0.2) is 9.59 Å². The maximum absolute atomic E-state index is 12.4. The average molecular weight is 479 g/mol. The number of carbonyl (C=O) groups is 2. The molecule has 0 N–H and O–H groups in total. The Hall–Kier alpha value is -2.38. The van der Waals surface area contributed by atoms with E-state index in [4.69, 9.17) is 18.9 Å². The molecule has 2 rings (SSSR count). The summed E-state index contributed by atoms with van der Waals surface area (Å²) in [4.78, 5) is 24.4. The van der Waals surface area contributed by atoms with Gasteiger partial charge in [0.25, 0.3) is 0 Å². The summed E-state index contributed by atoms with van der Waals surface area (Å²) in [6.45, 7) is 7.87. The summed E-state index contributed by atoms with van der Waals surface area (Å²) in [5.41, 5.74) is 0.759. The molecule has 0 spiro atoms. The molecule has 2 aromatic rings. The molecule has 0 bridgehead atoms. The molecule has 2 aromatic carbocycles. The lowest BCUT2D eigenvalue weighted by atomic mass is 10.1. The molecule has 0 aliphatic rings. The van der Waals surface area contributed by atoms with E-state index < -0.39 is 11.9 Å². The molecule has 0 aliphatic carbocycles. The predicted molar refractivity (Wildman–Crippen MR) is 117 cm³/mol. The van der Waals surface area contributed by atoms with Crippen LogP contribution in [-0.4, -0.2) is 38.4 Å². The molecular weight excluding hydrogens is 452 g/mol. The van der Waals surface area contributed by atoms with Crippen LogP contribution in [0.5, 0.6) is 11.5 Å². The molecule has 7 heteroatoms. The number of carbonyl (C=O) groups excluding carboxylic acids is 2. The maximum Gasteiger partial charge on any atom is 0.343 e. The van der Waals surface area contributed by atoms with E-state index in [0.29, 0.717) is 52.8 Å². The Kier molecular flexibility index (Phi) is 9.83. The van der Waals surface area contributed by atoms with Crippen molar-refractivity contribution in [1.82, 2.24) is 0 Å². The Morgan fingerprint density at radius 3 is 2.27 bits per heavy atom. The molecule has 0 aromatic heterocycles. The van der Waals surface area contributed by atoms with Crippen LogP contribution in [0.2, 0.25) is 0 Å². The van der Waals surface area contributed by atoms with Gasteiger partial charge in [-0.3, -0.25) is 0 Å². The minimum Gasteiger partial charge on any atom is -0.492 e. The summed E-state index contributed by atoms with van der Waals surface area (Å²) in [6.07, 6.45) is 0.951. The highest BCUT2D eigenvalue weighted by atomic mass is 79.9. The Bertz CT molecular complexity index is 832. The third kappa shape index (κ3) is 7.80. The molecule has 162 valence electrons. The highest BCUT2D eigenvalue weighted by Crippen LogP contribution is 2.27. The molecular formula is C23H27BrO6. The fraction of sp³-hybridized carbons (Fsp3) is 0.391. The van der Waals surface area contributed by atoms with Gasteiger partial charge in [-0.2, -0.15) is 0 Å². The van der Waals surface area contributed by atoms with Crippen LogP contribution in [0.4, 0.5) is 0 Å². The summed E-state index contributed by atoms with van der Waals surface area (Å²) >= 11 is 3.43. The first kappa shape index (κ1) is 23.9. The molecule has 6 nitrogen and oxygen atoms in total. The largest absolute Gasteiger partial charge is 0.492 e. The van der Waals surface area contributed by atoms with Crippen molar-refractivity contribution >= 4 is 27.9 Å². The second-order valence-corrected chi connectivity index (χ2v) is 7.78. The third-order valence-corrected chi connectivity index (χ3v) is 4.71. The zero-order valence-corrected chi connectivity index (χ0v) is 19.1. The first-order valence-electron chi connectivity index (χ1n) is 9.90. The Labute approximate surface area is 185 Å². The monoisotopic (exact) mass is 478 g/mol. The van der Waals surface area contributed by atoms with Gasteiger partial charge >= 0.3 is 11.9 Å². The normalized spacial score (nSPS) is 10.7. The number of benzene rings is 2. The molecule has 0 fully saturated rings. The van der Waals surface area contributed by atoms with Crippen molar-refractivity contribution in [3.8, 4) is 11.5 Å². The van der Waals surface area contributed by atoms with Crippen LogP contribution in [0.3, 0.4) is 0 Å². The van der Waals surface area contributed by atoms with E-state index in [1.54, 1.807) is 42.5 Å². The van der Waals surface area contributed by atoms with Crippen molar-refractivity contribution in [3.63, 3.8) is 0 Å². The van der Waals surface area contributed by atoms with Gasteiger partial charge in [-0.1, -0.05) is 13.8 Å². The molecule has 0 unspecified atom stereocenters. The fourth-order valence-electron chi connectivity index (χ4n) is 2.40. The summed E-state index contributed by atoms with van der Waals surface area (Å²) < 4.78 is 22.0. The lowest BCUT2D eigenvalue weighted by Gasteiger charge is -2.11. The topological polar surface area (TPSA) is 71.1 Å². The molecule has 0 radical (unpaired) electrons.